The van der Waals surface area contributed by atoms with E-state index in [-0.39, 0.29) is 20.1 Å². The minimum Gasteiger partial charge on any atom is -0.304 e. The third kappa shape index (κ3) is 7.78. The Bertz CT molecular complexity index is 3000. The third-order valence-corrected chi connectivity index (χ3v) is 10.5. The van der Waals surface area contributed by atoms with Crippen LogP contribution in [0.5, 0.6) is 0 Å². The summed E-state index contributed by atoms with van der Waals surface area (Å²) < 4.78 is 0. The maximum absolute atomic E-state index is 5.23. The van der Waals surface area contributed by atoms with E-state index in [0.29, 0.717) is 17.5 Å². The van der Waals surface area contributed by atoms with Gasteiger partial charge in [-0.05, 0) is 91.3 Å². The van der Waals surface area contributed by atoms with Crippen LogP contribution in [-0.2, 0) is 20.1 Å². The molecule has 0 aliphatic carbocycles. The molecule has 5 heteroatoms. The van der Waals surface area contributed by atoms with Crippen LogP contribution in [0.25, 0.3) is 101 Å². The average Bonchev–Trinajstić information content (AvgIpc) is 3.32. The smallest absolute Gasteiger partial charge is 0.164 e. The van der Waals surface area contributed by atoms with Gasteiger partial charge >= 0.3 is 0 Å². The summed E-state index contributed by atoms with van der Waals surface area (Å²) >= 11 is 0. The van der Waals surface area contributed by atoms with Crippen molar-refractivity contribution in [2.45, 2.75) is 0 Å². The zero-order chi connectivity index (χ0) is 38.7. The van der Waals surface area contributed by atoms with Gasteiger partial charge in [0.05, 0.1) is 0 Å². The number of benzene rings is 8. The number of aromatic nitrogens is 4. The molecule has 0 N–H and O–H groups in total. The van der Waals surface area contributed by atoms with E-state index in [4.69, 9.17) is 19.9 Å². The molecule has 0 unspecified atom stereocenters. The quantitative estimate of drug-likeness (QED) is 0.142. The first kappa shape index (κ1) is 37.4. The Balaban J connectivity index is 0.00000449. The first-order chi connectivity index (χ1) is 28.7. The number of hydrogen-bond donors (Lipinski definition) is 0. The molecule has 0 saturated heterocycles. The Hall–Kier alpha value is -7.17. The van der Waals surface area contributed by atoms with Crippen molar-refractivity contribution < 1.29 is 20.1 Å². The van der Waals surface area contributed by atoms with Gasteiger partial charge in [-0.15, -0.1) is 29.8 Å². The molecule has 0 saturated carbocycles. The number of rotatable bonds is 8. The SMILES string of the molecule is [Ir].[c-]1ccc(-c2nc(-c3cccc(-c4cc(-c5ccccc5)cc(-c5ccccc5)c4)c3)nc(-c3ccccc3-c3ccccc3)n2)cc1-c1nccc2ccccc12. The molecule has 0 spiro atoms. The van der Waals surface area contributed by atoms with Crippen molar-refractivity contribution >= 4 is 10.8 Å². The van der Waals surface area contributed by atoms with E-state index < -0.39 is 0 Å². The summed E-state index contributed by atoms with van der Waals surface area (Å²) in [4.78, 5) is 20.4. The minimum absolute atomic E-state index is 0. The van der Waals surface area contributed by atoms with Crippen LogP contribution in [0.1, 0.15) is 0 Å². The van der Waals surface area contributed by atoms with Crippen LogP contribution in [0.2, 0.25) is 0 Å². The van der Waals surface area contributed by atoms with Crippen molar-refractivity contribution in [1.29, 1.82) is 0 Å². The molecular formula is C54H35IrN4-. The molecule has 10 rings (SSSR count). The molecule has 0 bridgehead atoms. The molecule has 10 aromatic rings. The van der Waals surface area contributed by atoms with E-state index in [2.05, 4.69) is 170 Å². The maximum atomic E-state index is 5.23. The van der Waals surface area contributed by atoms with Gasteiger partial charge in [-0.25, -0.2) is 15.0 Å². The van der Waals surface area contributed by atoms with Crippen LogP contribution >= 0.6 is 0 Å². The minimum atomic E-state index is 0. The van der Waals surface area contributed by atoms with Gasteiger partial charge in [0.15, 0.2) is 11.6 Å². The molecule has 1 radical (unpaired) electrons. The number of pyridine rings is 1. The van der Waals surface area contributed by atoms with Gasteiger partial charge in [0.25, 0.3) is 0 Å². The van der Waals surface area contributed by atoms with Crippen LogP contribution in [0.3, 0.4) is 0 Å². The fourth-order valence-electron chi connectivity index (χ4n) is 7.61. The van der Waals surface area contributed by atoms with Crippen LogP contribution in [0.15, 0.2) is 212 Å². The summed E-state index contributed by atoms with van der Waals surface area (Å²) in [5.74, 6) is 1.76. The van der Waals surface area contributed by atoms with Crippen LogP contribution < -0.4 is 0 Å². The number of nitrogens with zero attached hydrogens (tertiary/aromatic N) is 4. The van der Waals surface area contributed by atoms with Crippen molar-refractivity contribution in [3.63, 3.8) is 0 Å². The van der Waals surface area contributed by atoms with Gasteiger partial charge in [0.2, 0.25) is 0 Å². The normalized spacial score (nSPS) is 10.9. The van der Waals surface area contributed by atoms with Crippen molar-refractivity contribution in [3.05, 3.63) is 219 Å². The van der Waals surface area contributed by atoms with Crippen molar-refractivity contribution in [1.82, 2.24) is 19.9 Å². The van der Waals surface area contributed by atoms with Crippen LogP contribution in [0.4, 0.5) is 0 Å². The monoisotopic (exact) mass is 932 g/mol. The standard InChI is InChI=1S/C54H35N4.Ir/c1-4-16-37(17-5-1)45-34-46(38-18-6-2-7-19-38)36-47(35-45)41-23-14-25-43(32-41)52-56-53(58-54(57-52)50-29-13-12-27-48(50)39-20-8-3-9-21-39)44-26-15-24-42(33-44)51-49-28-11-10-22-40(49)30-31-55-51;/h1-23,25-36H;/q-1;. The largest absolute Gasteiger partial charge is 0.304 e. The van der Waals surface area contributed by atoms with Crippen molar-refractivity contribution in [2.24, 2.45) is 0 Å². The summed E-state index contributed by atoms with van der Waals surface area (Å²) in [5.41, 5.74) is 13.4. The van der Waals surface area contributed by atoms with Gasteiger partial charge < -0.3 is 4.98 Å². The molecule has 0 amide bonds. The molecule has 0 aliphatic heterocycles. The second kappa shape index (κ2) is 16.7. The van der Waals surface area contributed by atoms with Crippen molar-refractivity contribution in [2.75, 3.05) is 0 Å². The second-order valence-electron chi connectivity index (χ2n) is 14.2. The van der Waals surface area contributed by atoms with Crippen LogP contribution in [-0.4, -0.2) is 19.9 Å². The first-order valence-electron chi connectivity index (χ1n) is 19.4. The molecule has 4 nitrogen and oxygen atoms in total. The zero-order valence-corrected chi connectivity index (χ0v) is 34.2. The summed E-state index contributed by atoms with van der Waals surface area (Å²) in [6.45, 7) is 0. The molecule has 2 aromatic heterocycles. The van der Waals surface area contributed by atoms with E-state index in [1.54, 1.807) is 0 Å². The molecule has 281 valence electrons. The summed E-state index contributed by atoms with van der Waals surface area (Å²) in [5, 5.41) is 2.19. The molecule has 0 aliphatic rings. The summed E-state index contributed by atoms with van der Waals surface area (Å²) in [6.07, 6.45) is 1.85. The predicted molar refractivity (Wildman–Crippen MR) is 237 cm³/mol. The Morgan fingerprint density at radius 2 is 0.831 bits per heavy atom. The summed E-state index contributed by atoms with van der Waals surface area (Å²) in [6, 6.07) is 74.9. The van der Waals surface area contributed by atoms with E-state index >= 15 is 0 Å². The molecule has 0 atom stereocenters. The van der Waals surface area contributed by atoms with Gasteiger partial charge in [-0.2, -0.15) is 0 Å². The van der Waals surface area contributed by atoms with E-state index in [1.807, 2.05) is 48.7 Å². The second-order valence-corrected chi connectivity index (χ2v) is 14.2. The van der Waals surface area contributed by atoms with E-state index in [1.165, 1.54) is 11.1 Å². The van der Waals surface area contributed by atoms with Gasteiger partial charge in [0.1, 0.15) is 5.82 Å². The first-order valence-corrected chi connectivity index (χ1v) is 19.4. The molecular weight excluding hydrogens is 897 g/mol. The fourth-order valence-corrected chi connectivity index (χ4v) is 7.61. The number of fused-ring (bicyclic) bond motifs is 1. The van der Waals surface area contributed by atoms with Gasteiger partial charge in [0, 0.05) is 37.4 Å². The molecule has 59 heavy (non-hydrogen) atoms. The topological polar surface area (TPSA) is 51.6 Å². The van der Waals surface area contributed by atoms with Crippen molar-refractivity contribution in [3.8, 4) is 89.9 Å². The molecule has 0 fully saturated rings. The van der Waals surface area contributed by atoms with Gasteiger partial charge in [-0.3, -0.25) is 0 Å². The Labute approximate surface area is 357 Å². The van der Waals surface area contributed by atoms with Crippen LogP contribution in [0, 0.1) is 6.07 Å². The molecule has 2 heterocycles. The Morgan fingerprint density at radius 1 is 0.339 bits per heavy atom. The fraction of sp³-hybridized carbons (Fsp3) is 0. The maximum Gasteiger partial charge on any atom is 0.164 e. The third-order valence-electron chi connectivity index (χ3n) is 10.5. The van der Waals surface area contributed by atoms with E-state index in [9.17, 15) is 0 Å². The van der Waals surface area contributed by atoms with Gasteiger partial charge in [-0.1, -0.05) is 163 Å². The zero-order valence-electron chi connectivity index (χ0n) is 31.8. The Kier molecular flexibility index (Phi) is 10.6. The summed E-state index contributed by atoms with van der Waals surface area (Å²) in [7, 11) is 0. The predicted octanol–water partition coefficient (Wildman–Crippen LogP) is 13.6. The molecule has 8 aromatic carbocycles. The van der Waals surface area contributed by atoms with E-state index in [0.717, 1.165) is 72.1 Å². The average molecular weight is 932 g/mol. The number of hydrogen-bond acceptors (Lipinski definition) is 4. The Morgan fingerprint density at radius 3 is 1.51 bits per heavy atom.